The lowest BCUT2D eigenvalue weighted by Crippen LogP contribution is -2.59. The van der Waals surface area contributed by atoms with Gasteiger partial charge in [-0.3, -0.25) is 4.79 Å². The summed E-state index contributed by atoms with van der Waals surface area (Å²) in [5.74, 6) is 1.17. The van der Waals surface area contributed by atoms with Gasteiger partial charge < -0.3 is 14.9 Å². The smallest absolute Gasteiger partial charge is 0.161 e. The first-order chi connectivity index (χ1) is 15.6. The molecule has 0 aliphatic heterocycles. The van der Waals surface area contributed by atoms with Crippen LogP contribution >= 0.6 is 15.9 Å². The maximum atomic E-state index is 12.5. The minimum Gasteiger partial charge on any atom is -0.393 e. The molecule has 1 aromatic carbocycles. The van der Waals surface area contributed by atoms with Crippen LogP contribution in [0.2, 0.25) is 0 Å². The predicted molar refractivity (Wildman–Crippen MR) is 131 cm³/mol. The molecule has 0 saturated heterocycles. The molecule has 180 valence electrons. The highest BCUT2D eigenvalue weighted by molar-refractivity contribution is 9.10. The average Bonchev–Trinajstić information content (AvgIpc) is 3.06. The van der Waals surface area contributed by atoms with Gasteiger partial charge in [0, 0.05) is 21.7 Å². The maximum absolute atomic E-state index is 12.5. The Hall–Kier alpha value is -1.01. The van der Waals surface area contributed by atoms with E-state index in [1.165, 1.54) is 5.57 Å². The van der Waals surface area contributed by atoms with Gasteiger partial charge in [0.2, 0.25) is 0 Å². The monoisotopic (exact) mass is 516 g/mol. The number of halogens is 1. The van der Waals surface area contributed by atoms with E-state index in [4.69, 9.17) is 4.74 Å². The fourth-order valence-electron chi connectivity index (χ4n) is 8.29. The first kappa shape index (κ1) is 23.7. The largest absolute Gasteiger partial charge is 0.393 e. The molecule has 5 rings (SSSR count). The Morgan fingerprint density at radius 1 is 1.15 bits per heavy atom. The highest BCUT2D eigenvalue weighted by Crippen LogP contribution is 2.67. The fraction of sp³-hybridized carbons (Fsp3) is 0.679. The number of hydrogen-bond donors (Lipinski definition) is 2. The number of ketones is 1. The molecule has 0 amide bonds. The molecular formula is C28H37BrO4. The number of aliphatic hydroxyl groups is 2. The molecule has 0 aromatic heterocycles. The number of Topliss-reactive ketones (excluding diaryl/α,β-unsaturated/α-hetero) is 1. The third-order valence-corrected chi connectivity index (χ3v) is 10.8. The number of rotatable bonds is 4. The maximum Gasteiger partial charge on any atom is 0.161 e. The second-order valence-corrected chi connectivity index (χ2v) is 12.5. The molecule has 3 saturated carbocycles. The van der Waals surface area contributed by atoms with E-state index in [1.807, 2.05) is 12.1 Å². The van der Waals surface area contributed by atoms with E-state index in [1.54, 1.807) is 6.92 Å². The molecular weight excluding hydrogens is 480 g/mol. The zero-order chi connectivity index (χ0) is 23.6. The molecule has 4 aliphatic carbocycles. The van der Waals surface area contributed by atoms with Crippen molar-refractivity contribution in [1.29, 1.82) is 0 Å². The standard InChI is InChI=1S/C28H37BrO4/c1-17(30)28(32)13-11-23-22-9-6-19-14-21(31)15-25(33-16-18-4-7-20(29)8-5-18)27(19,3)24(22)10-12-26(23,28)2/h4-8,21-25,31-32H,9-16H2,1-3H3/t21?,22-,23-,24-,25?,26-,27-,28-/m0/s1. The number of hydrogen-bond acceptors (Lipinski definition) is 4. The second-order valence-electron chi connectivity index (χ2n) is 11.6. The Morgan fingerprint density at radius 2 is 1.85 bits per heavy atom. The van der Waals surface area contributed by atoms with Crippen LogP contribution in [-0.4, -0.2) is 33.8 Å². The van der Waals surface area contributed by atoms with E-state index in [2.05, 4.69) is 48.0 Å². The molecule has 4 nitrogen and oxygen atoms in total. The minimum absolute atomic E-state index is 0.0404. The van der Waals surface area contributed by atoms with Gasteiger partial charge in [0.25, 0.3) is 0 Å². The van der Waals surface area contributed by atoms with E-state index in [-0.39, 0.29) is 28.8 Å². The number of aliphatic hydroxyl groups excluding tert-OH is 1. The topological polar surface area (TPSA) is 66.8 Å². The number of benzene rings is 1. The molecule has 1 aromatic rings. The van der Waals surface area contributed by atoms with Crippen molar-refractivity contribution >= 4 is 21.7 Å². The number of ether oxygens (including phenoxy) is 1. The summed E-state index contributed by atoms with van der Waals surface area (Å²) >= 11 is 3.50. The van der Waals surface area contributed by atoms with Crippen LogP contribution < -0.4 is 0 Å². The molecule has 8 atom stereocenters. The molecule has 33 heavy (non-hydrogen) atoms. The lowest BCUT2D eigenvalue weighted by Gasteiger charge is -2.60. The molecule has 5 heteroatoms. The molecule has 2 unspecified atom stereocenters. The Balaban J connectivity index is 1.44. The first-order valence-electron chi connectivity index (χ1n) is 12.6. The SMILES string of the molecule is CC(=O)[C@@]1(O)CC[C@H]2[C@@H]3CC=C4CC(O)CC(OCc5ccc(Br)cc5)[C@]4(C)[C@H]3CC[C@@]21C. The third-order valence-electron chi connectivity index (χ3n) is 10.2. The van der Waals surface area contributed by atoms with Crippen LogP contribution in [0.1, 0.15) is 71.3 Å². The van der Waals surface area contributed by atoms with Crippen molar-refractivity contribution in [1.82, 2.24) is 0 Å². The second kappa shape index (κ2) is 8.29. The molecule has 3 fully saturated rings. The summed E-state index contributed by atoms with van der Waals surface area (Å²) in [5, 5.41) is 22.1. The van der Waals surface area contributed by atoms with Crippen molar-refractivity contribution in [3.8, 4) is 0 Å². The van der Waals surface area contributed by atoms with Gasteiger partial charge in [-0.25, -0.2) is 0 Å². The molecule has 0 spiro atoms. The van der Waals surface area contributed by atoms with Crippen molar-refractivity contribution < 1.29 is 19.7 Å². The van der Waals surface area contributed by atoms with Gasteiger partial charge in [-0.2, -0.15) is 0 Å². The Labute approximate surface area is 205 Å². The summed E-state index contributed by atoms with van der Waals surface area (Å²) < 4.78 is 7.65. The van der Waals surface area contributed by atoms with Gasteiger partial charge in [-0.1, -0.05) is 53.6 Å². The van der Waals surface area contributed by atoms with Crippen molar-refractivity contribution in [2.24, 2.45) is 28.6 Å². The molecule has 0 radical (unpaired) electrons. The van der Waals surface area contributed by atoms with Crippen LogP contribution in [0.15, 0.2) is 40.4 Å². The van der Waals surface area contributed by atoms with E-state index in [0.29, 0.717) is 37.2 Å². The van der Waals surface area contributed by atoms with Crippen LogP contribution in [0.25, 0.3) is 0 Å². The van der Waals surface area contributed by atoms with E-state index >= 15 is 0 Å². The van der Waals surface area contributed by atoms with Crippen LogP contribution in [0, 0.1) is 28.6 Å². The van der Waals surface area contributed by atoms with Gasteiger partial charge in [0.05, 0.1) is 18.8 Å². The van der Waals surface area contributed by atoms with Gasteiger partial charge in [-0.15, -0.1) is 0 Å². The predicted octanol–water partition coefficient (Wildman–Crippen LogP) is 5.59. The van der Waals surface area contributed by atoms with Crippen LogP contribution in [-0.2, 0) is 16.1 Å². The molecule has 0 bridgehead atoms. The highest BCUT2D eigenvalue weighted by Gasteiger charge is 2.66. The minimum atomic E-state index is -1.19. The highest BCUT2D eigenvalue weighted by atomic mass is 79.9. The summed E-state index contributed by atoms with van der Waals surface area (Å²) in [6, 6.07) is 8.24. The Morgan fingerprint density at radius 3 is 2.55 bits per heavy atom. The molecule has 0 heterocycles. The van der Waals surface area contributed by atoms with Gasteiger partial charge >= 0.3 is 0 Å². The van der Waals surface area contributed by atoms with Gasteiger partial charge in [-0.05, 0) is 80.9 Å². The lowest BCUT2D eigenvalue weighted by molar-refractivity contribution is -0.168. The number of carbonyl (C=O) groups excluding carboxylic acids is 1. The van der Waals surface area contributed by atoms with Crippen molar-refractivity contribution in [2.75, 3.05) is 0 Å². The number of fused-ring (bicyclic) bond motifs is 5. The van der Waals surface area contributed by atoms with Crippen molar-refractivity contribution in [2.45, 2.75) is 90.1 Å². The van der Waals surface area contributed by atoms with E-state index in [0.717, 1.165) is 42.1 Å². The van der Waals surface area contributed by atoms with Crippen LogP contribution in [0.3, 0.4) is 0 Å². The first-order valence-corrected chi connectivity index (χ1v) is 13.4. The van der Waals surface area contributed by atoms with Gasteiger partial charge in [0.1, 0.15) is 5.60 Å². The van der Waals surface area contributed by atoms with Crippen LogP contribution in [0.4, 0.5) is 0 Å². The third kappa shape index (κ3) is 3.52. The van der Waals surface area contributed by atoms with Crippen LogP contribution in [0.5, 0.6) is 0 Å². The summed E-state index contributed by atoms with van der Waals surface area (Å²) in [6.07, 6.45) is 7.72. The molecule has 4 aliphatic rings. The average molecular weight is 518 g/mol. The van der Waals surface area contributed by atoms with Crippen molar-refractivity contribution in [3.63, 3.8) is 0 Å². The van der Waals surface area contributed by atoms with Gasteiger partial charge in [0.15, 0.2) is 5.78 Å². The zero-order valence-corrected chi connectivity index (χ0v) is 21.6. The summed E-state index contributed by atoms with van der Waals surface area (Å²) in [6.45, 7) is 6.63. The normalized spacial score (nSPS) is 44.4. The summed E-state index contributed by atoms with van der Waals surface area (Å²) in [7, 11) is 0. The van der Waals surface area contributed by atoms with E-state index in [9.17, 15) is 15.0 Å². The number of allylic oxidation sites excluding steroid dienone is 1. The Kier molecular flexibility index (Phi) is 5.96. The van der Waals surface area contributed by atoms with Crippen molar-refractivity contribution in [3.05, 3.63) is 46.0 Å². The lowest BCUT2D eigenvalue weighted by atomic mass is 9.46. The quantitative estimate of drug-likeness (QED) is 0.512. The fourth-order valence-corrected chi connectivity index (χ4v) is 8.55. The molecule has 2 N–H and O–H groups in total. The summed E-state index contributed by atoms with van der Waals surface area (Å²) in [5.41, 5.74) is 0.845. The zero-order valence-electron chi connectivity index (χ0n) is 20.0. The van der Waals surface area contributed by atoms with E-state index < -0.39 is 5.60 Å². The Bertz CT molecular complexity index is 957. The number of carbonyl (C=O) groups is 1. The summed E-state index contributed by atoms with van der Waals surface area (Å²) in [4.78, 5) is 12.5.